The normalized spacial score (nSPS) is 19.3. The molecule has 0 spiro atoms. The van der Waals surface area contributed by atoms with Gasteiger partial charge in [-0.25, -0.2) is 0 Å². The third-order valence-corrected chi connectivity index (χ3v) is 5.20. The molecule has 1 aliphatic heterocycles. The molecule has 23 heavy (non-hydrogen) atoms. The number of halogens is 3. The second kappa shape index (κ2) is 9.33. The topological polar surface area (TPSA) is 33.7 Å². The molecule has 0 unspecified atom stereocenters. The monoisotopic (exact) mass is 426 g/mol. The highest BCUT2D eigenvalue weighted by atomic mass is 79.9. The second-order valence-corrected chi connectivity index (χ2v) is 6.60. The molecular weight excluding hydrogens is 403 g/mol. The first-order valence-corrected chi connectivity index (χ1v) is 8.40. The minimum absolute atomic E-state index is 0. The Morgan fingerprint density at radius 3 is 2.04 bits per heavy atom. The van der Waals surface area contributed by atoms with Crippen LogP contribution in [0.15, 0.2) is 16.6 Å². The van der Waals surface area contributed by atoms with E-state index >= 15 is 0 Å². The summed E-state index contributed by atoms with van der Waals surface area (Å²) >= 11 is 3.56. The third kappa shape index (κ3) is 4.67. The quantitative estimate of drug-likeness (QED) is 0.777. The average Bonchev–Trinajstić information content (AvgIpc) is 3.34. The molecule has 1 aromatic carbocycles. The lowest BCUT2D eigenvalue weighted by Gasteiger charge is -2.35. The summed E-state index contributed by atoms with van der Waals surface area (Å²) in [5.74, 6) is 2.48. The number of hydrogen-bond donors (Lipinski definition) is 1. The highest BCUT2D eigenvalue weighted by molar-refractivity contribution is 9.10. The number of benzene rings is 1. The van der Waals surface area contributed by atoms with Gasteiger partial charge in [-0.2, -0.15) is 0 Å². The van der Waals surface area contributed by atoms with Gasteiger partial charge in [-0.15, -0.1) is 24.8 Å². The van der Waals surface area contributed by atoms with E-state index in [0.717, 1.165) is 48.1 Å². The van der Waals surface area contributed by atoms with E-state index in [1.807, 2.05) is 0 Å². The van der Waals surface area contributed by atoms with Gasteiger partial charge in [-0.05, 0) is 52.4 Å². The van der Waals surface area contributed by atoms with Gasteiger partial charge in [0.1, 0.15) is 16.0 Å². The lowest BCUT2D eigenvalue weighted by molar-refractivity contribution is 0.155. The van der Waals surface area contributed by atoms with E-state index in [9.17, 15) is 0 Å². The summed E-state index contributed by atoms with van der Waals surface area (Å²) in [4.78, 5) is 2.61. The third-order valence-electron chi connectivity index (χ3n) is 4.42. The van der Waals surface area contributed by atoms with Gasteiger partial charge in [-0.1, -0.05) is 0 Å². The SMILES string of the molecule is COc1cc([C@H](C2CC2)N2CCNCC2)cc(OC)c1Br.Cl.Cl. The standard InChI is InChI=1S/C16H23BrN2O2.2ClH/c1-20-13-9-12(10-14(21-2)15(13)17)16(11-3-4-11)19-7-5-18-6-8-19;;/h9-11,16,18H,3-8H2,1-2H3;2*1H/t16-;;/m0../s1. The van der Waals surface area contributed by atoms with E-state index in [2.05, 4.69) is 38.3 Å². The molecule has 1 heterocycles. The predicted octanol–water partition coefficient (Wildman–Crippen LogP) is 3.67. The first-order valence-electron chi connectivity index (χ1n) is 7.60. The van der Waals surface area contributed by atoms with E-state index in [0.29, 0.717) is 6.04 Å². The maximum Gasteiger partial charge on any atom is 0.137 e. The van der Waals surface area contributed by atoms with Crippen LogP contribution in [0.2, 0.25) is 0 Å². The molecular formula is C16H25BrCl2N2O2. The minimum Gasteiger partial charge on any atom is -0.495 e. The molecule has 3 rings (SSSR count). The van der Waals surface area contributed by atoms with Crippen LogP contribution in [0.5, 0.6) is 11.5 Å². The van der Waals surface area contributed by atoms with Crippen molar-refractivity contribution in [3.8, 4) is 11.5 Å². The van der Waals surface area contributed by atoms with Crippen LogP contribution in [0.1, 0.15) is 24.4 Å². The molecule has 0 aromatic heterocycles. The zero-order valence-corrected chi connectivity index (χ0v) is 16.7. The first kappa shape index (κ1) is 20.8. The van der Waals surface area contributed by atoms with Crippen LogP contribution in [-0.4, -0.2) is 45.3 Å². The molecule has 0 bridgehead atoms. The molecule has 1 saturated heterocycles. The van der Waals surface area contributed by atoms with Crippen molar-refractivity contribution >= 4 is 40.7 Å². The van der Waals surface area contributed by atoms with Gasteiger partial charge in [0.2, 0.25) is 0 Å². The molecule has 1 atom stereocenters. The van der Waals surface area contributed by atoms with Crippen LogP contribution in [0, 0.1) is 5.92 Å². The van der Waals surface area contributed by atoms with Crippen molar-refractivity contribution < 1.29 is 9.47 Å². The lowest BCUT2D eigenvalue weighted by Crippen LogP contribution is -2.45. The Balaban J connectivity index is 0.00000132. The Morgan fingerprint density at radius 1 is 1.09 bits per heavy atom. The molecule has 1 aliphatic carbocycles. The molecule has 0 amide bonds. The molecule has 4 nitrogen and oxygen atoms in total. The van der Waals surface area contributed by atoms with Crippen LogP contribution in [0.4, 0.5) is 0 Å². The van der Waals surface area contributed by atoms with Crippen LogP contribution in [0.3, 0.4) is 0 Å². The summed E-state index contributed by atoms with van der Waals surface area (Å²) in [6.07, 6.45) is 2.66. The van der Waals surface area contributed by atoms with Gasteiger partial charge in [0.25, 0.3) is 0 Å². The van der Waals surface area contributed by atoms with Crippen molar-refractivity contribution in [3.05, 3.63) is 22.2 Å². The van der Waals surface area contributed by atoms with Gasteiger partial charge in [0.05, 0.1) is 14.2 Å². The number of methoxy groups -OCH3 is 2. The molecule has 2 aliphatic rings. The first-order chi connectivity index (χ1) is 10.2. The second-order valence-electron chi connectivity index (χ2n) is 5.81. The number of rotatable bonds is 5. The van der Waals surface area contributed by atoms with Crippen molar-refractivity contribution in [2.45, 2.75) is 18.9 Å². The number of nitrogens with zero attached hydrogens (tertiary/aromatic N) is 1. The number of ether oxygens (including phenoxy) is 2. The average molecular weight is 428 g/mol. The molecule has 1 N–H and O–H groups in total. The van der Waals surface area contributed by atoms with E-state index < -0.39 is 0 Å². The van der Waals surface area contributed by atoms with Gasteiger partial charge in [0, 0.05) is 32.2 Å². The Labute approximate surface area is 159 Å². The maximum atomic E-state index is 5.51. The fraction of sp³-hybridized carbons (Fsp3) is 0.625. The summed E-state index contributed by atoms with van der Waals surface area (Å²) in [7, 11) is 3.42. The van der Waals surface area contributed by atoms with Crippen LogP contribution >= 0.6 is 40.7 Å². The largest absolute Gasteiger partial charge is 0.495 e. The van der Waals surface area contributed by atoms with Crippen molar-refractivity contribution in [2.75, 3.05) is 40.4 Å². The Kier molecular flexibility index (Phi) is 8.45. The highest BCUT2D eigenvalue weighted by Crippen LogP contribution is 2.47. The van der Waals surface area contributed by atoms with Crippen molar-refractivity contribution in [1.82, 2.24) is 10.2 Å². The van der Waals surface area contributed by atoms with E-state index in [1.54, 1.807) is 14.2 Å². The molecule has 0 radical (unpaired) electrons. The van der Waals surface area contributed by atoms with E-state index in [4.69, 9.17) is 9.47 Å². The van der Waals surface area contributed by atoms with E-state index in [-0.39, 0.29) is 24.8 Å². The van der Waals surface area contributed by atoms with Crippen molar-refractivity contribution in [2.24, 2.45) is 5.92 Å². The number of nitrogens with one attached hydrogen (secondary N) is 1. The predicted molar refractivity (Wildman–Crippen MR) is 102 cm³/mol. The Hall–Kier alpha value is -0.200. The highest BCUT2D eigenvalue weighted by Gasteiger charge is 2.37. The van der Waals surface area contributed by atoms with E-state index in [1.165, 1.54) is 18.4 Å². The van der Waals surface area contributed by atoms with Gasteiger partial charge in [-0.3, -0.25) is 4.90 Å². The van der Waals surface area contributed by atoms with Crippen LogP contribution < -0.4 is 14.8 Å². The summed E-state index contributed by atoms with van der Waals surface area (Å²) in [6, 6.07) is 4.82. The lowest BCUT2D eigenvalue weighted by atomic mass is 9.99. The Morgan fingerprint density at radius 2 is 1.61 bits per heavy atom. The Bertz CT molecular complexity index is 484. The zero-order valence-electron chi connectivity index (χ0n) is 13.5. The summed E-state index contributed by atoms with van der Waals surface area (Å²) in [5.41, 5.74) is 1.32. The van der Waals surface area contributed by atoms with Crippen LogP contribution in [0.25, 0.3) is 0 Å². The zero-order chi connectivity index (χ0) is 14.8. The smallest absolute Gasteiger partial charge is 0.137 e. The van der Waals surface area contributed by atoms with Crippen LogP contribution in [-0.2, 0) is 0 Å². The number of hydrogen-bond acceptors (Lipinski definition) is 4. The van der Waals surface area contributed by atoms with Gasteiger partial charge >= 0.3 is 0 Å². The molecule has 1 saturated carbocycles. The molecule has 132 valence electrons. The van der Waals surface area contributed by atoms with Crippen molar-refractivity contribution in [1.29, 1.82) is 0 Å². The summed E-state index contributed by atoms with van der Waals surface area (Å²) in [6.45, 7) is 4.38. The van der Waals surface area contributed by atoms with Gasteiger partial charge < -0.3 is 14.8 Å². The maximum absolute atomic E-state index is 5.51. The van der Waals surface area contributed by atoms with Crippen molar-refractivity contribution in [3.63, 3.8) is 0 Å². The summed E-state index contributed by atoms with van der Waals surface area (Å²) < 4.78 is 11.9. The number of piperazine rings is 1. The van der Waals surface area contributed by atoms with Gasteiger partial charge in [0.15, 0.2) is 0 Å². The fourth-order valence-corrected chi connectivity index (χ4v) is 3.77. The minimum atomic E-state index is 0. The fourth-order valence-electron chi connectivity index (χ4n) is 3.21. The molecule has 2 fully saturated rings. The summed E-state index contributed by atoms with van der Waals surface area (Å²) in [5, 5.41) is 3.44. The molecule has 1 aromatic rings. The molecule has 7 heteroatoms.